The maximum absolute atomic E-state index is 15.4. The molecule has 2 fully saturated rings. The van der Waals surface area contributed by atoms with Crippen LogP contribution in [0.2, 0.25) is 5.02 Å². The van der Waals surface area contributed by atoms with Crippen LogP contribution < -0.4 is 9.46 Å². The SMILES string of the molecule is O=S(=O)(NC[C@@H]1CCC[C@@]2(S(=O)(=O)c3ccc(Cl)cc3)c3c(F)ccc(F)c3OC[C@@H]12)C1CCC1. The summed E-state index contributed by atoms with van der Waals surface area (Å²) in [7, 11) is -7.81. The molecular formula is C24H26ClF2NO5S2. The van der Waals surface area contributed by atoms with Gasteiger partial charge in [0.2, 0.25) is 10.0 Å². The zero-order chi connectivity index (χ0) is 25.0. The van der Waals surface area contributed by atoms with E-state index in [1.54, 1.807) is 0 Å². The van der Waals surface area contributed by atoms with Crippen molar-refractivity contribution in [1.82, 2.24) is 4.72 Å². The number of sulfone groups is 1. The van der Waals surface area contributed by atoms with Crippen LogP contribution in [0.25, 0.3) is 0 Å². The van der Waals surface area contributed by atoms with Crippen LogP contribution in [-0.2, 0) is 24.6 Å². The summed E-state index contributed by atoms with van der Waals surface area (Å²) in [6.45, 7) is -0.160. The third-order valence-corrected chi connectivity index (χ3v) is 12.6. The van der Waals surface area contributed by atoms with Gasteiger partial charge in [-0.3, -0.25) is 0 Å². The molecule has 1 heterocycles. The van der Waals surface area contributed by atoms with E-state index >= 15 is 4.39 Å². The molecule has 0 spiro atoms. The Hall–Kier alpha value is -1.75. The first-order valence-corrected chi connectivity index (χ1v) is 15.1. The lowest BCUT2D eigenvalue weighted by atomic mass is 9.67. The minimum absolute atomic E-state index is 0.0109. The molecule has 2 aromatic rings. The van der Waals surface area contributed by atoms with Gasteiger partial charge in [-0.1, -0.05) is 24.4 Å². The molecule has 0 unspecified atom stereocenters. The van der Waals surface area contributed by atoms with E-state index in [9.17, 15) is 21.2 Å². The van der Waals surface area contributed by atoms with Gasteiger partial charge in [0.25, 0.3) is 0 Å². The second-order valence-corrected chi connectivity index (χ2v) is 14.3. The standard InChI is InChI=1S/C24H26ClF2NO5S2/c25-16-6-8-17(9-7-16)34(29,30)24-12-2-3-15(13-28-35(31,32)18-4-1-5-18)19(24)14-33-23-21(27)11-10-20(26)22(23)24/h6-11,15,18-19,28H,1-5,12-14H2/t15-,19-,24-/m0/s1. The number of hydrogen-bond acceptors (Lipinski definition) is 5. The number of sulfonamides is 1. The fourth-order valence-electron chi connectivity index (χ4n) is 5.78. The summed E-state index contributed by atoms with van der Waals surface area (Å²) in [4.78, 5) is -0.0564. The number of halogens is 3. The monoisotopic (exact) mass is 545 g/mol. The van der Waals surface area contributed by atoms with Gasteiger partial charge in [-0.15, -0.1) is 0 Å². The summed E-state index contributed by atoms with van der Waals surface area (Å²) >= 11 is 5.97. The number of benzene rings is 2. The van der Waals surface area contributed by atoms with E-state index in [0.29, 0.717) is 30.7 Å². The fourth-order valence-corrected chi connectivity index (χ4v) is 9.98. The smallest absolute Gasteiger partial charge is 0.214 e. The third kappa shape index (κ3) is 3.97. The maximum atomic E-state index is 15.4. The van der Waals surface area contributed by atoms with Gasteiger partial charge in [0.1, 0.15) is 10.6 Å². The van der Waals surface area contributed by atoms with Gasteiger partial charge in [-0.2, -0.15) is 0 Å². The third-order valence-electron chi connectivity index (χ3n) is 7.82. The summed E-state index contributed by atoms with van der Waals surface area (Å²) in [5.74, 6) is -3.33. The minimum atomic E-state index is -4.27. The second kappa shape index (κ2) is 8.97. The van der Waals surface area contributed by atoms with Crippen LogP contribution >= 0.6 is 11.6 Å². The van der Waals surface area contributed by atoms with Crippen LogP contribution in [-0.4, -0.2) is 35.2 Å². The van der Waals surface area contributed by atoms with E-state index in [0.717, 1.165) is 18.6 Å². The van der Waals surface area contributed by atoms with Crippen LogP contribution in [0.4, 0.5) is 8.78 Å². The molecule has 3 aliphatic rings. The van der Waals surface area contributed by atoms with Crippen molar-refractivity contribution >= 4 is 31.5 Å². The normalized spacial score (nSPS) is 26.8. The van der Waals surface area contributed by atoms with Crippen molar-refractivity contribution < 1.29 is 30.4 Å². The molecule has 35 heavy (non-hydrogen) atoms. The van der Waals surface area contributed by atoms with Crippen molar-refractivity contribution in [2.24, 2.45) is 11.8 Å². The van der Waals surface area contributed by atoms with Gasteiger partial charge in [-0.05, 0) is 68.0 Å². The van der Waals surface area contributed by atoms with Crippen molar-refractivity contribution in [3.05, 3.63) is 58.6 Å². The van der Waals surface area contributed by atoms with E-state index in [-0.39, 0.29) is 30.0 Å². The molecule has 5 rings (SSSR count). The van der Waals surface area contributed by atoms with Gasteiger partial charge in [0, 0.05) is 17.5 Å². The van der Waals surface area contributed by atoms with Gasteiger partial charge >= 0.3 is 0 Å². The largest absolute Gasteiger partial charge is 0.490 e. The molecule has 0 amide bonds. The molecule has 0 bridgehead atoms. The lowest BCUT2D eigenvalue weighted by Gasteiger charge is -2.50. The molecule has 1 N–H and O–H groups in total. The van der Waals surface area contributed by atoms with Crippen LogP contribution in [0.5, 0.6) is 5.75 Å². The quantitative estimate of drug-likeness (QED) is 0.574. The van der Waals surface area contributed by atoms with Crippen molar-refractivity contribution in [2.45, 2.75) is 53.4 Å². The molecule has 0 aromatic heterocycles. The molecule has 3 atom stereocenters. The lowest BCUT2D eigenvalue weighted by molar-refractivity contribution is 0.0770. The molecule has 2 saturated carbocycles. The topological polar surface area (TPSA) is 89.5 Å². The van der Waals surface area contributed by atoms with Crippen molar-refractivity contribution in [3.8, 4) is 5.75 Å². The molecule has 2 aliphatic carbocycles. The first kappa shape index (κ1) is 24.9. The van der Waals surface area contributed by atoms with Crippen LogP contribution in [0.3, 0.4) is 0 Å². The predicted molar refractivity (Wildman–Crippen MR) is 128 cm³/mol. The number of ether oxygens (including phenoxy) is 1. The first-order chi connectivity index (χ1) is 16.6. The van der Waals surface area contributed by atoms with E-state index in [4.69, 9.17) is 16.3 Å². The Kier molecular flexibility index (Phi) is 6.39. The second-order valence-electron chi connectivity index (χ2n) is 9.60. The highest BCUT2D eigenvalue weighted by atomic mass is 35.5. The Morgan fingerprint density at radius 1 is 0.971 bits per heavy atom. The molecule has 1 aliphatic heterocycles. The highest BCUT2D eigenvalue weighted by molar-refractivity contribution is 7.92. The average Bonchev–Trinajstić information content (AvgIpc) is 2.78. The van der Waals surface area contributed by atoms with E-state index < -0.39 is 59.1 Å². The highest BCUT2D eigenvalue weighted by Gasteiger charge is 2.61. The first-order valence-electron chi connectivity index (χ1n) is 11.7. The van der Waals surface area contributed by atoms with Crippen LogP contribution in [0, 0.1) is 23.5 Å². The molecule has 190 valence electrons. The Labute approximate surface area is 209 Å². The zero-order valence-electron chi connectivity index (χ0n) is 18.8. The summed E-state index contributed by atoms with van der Waals surface area (Å²) < 4.78 is 90.5. The Bertz CT molecular complexity index is 1350. The summed E-state index contributed by atoms with van der Waals surface area (Å²) in [6.07, 6.45) is 3.04. The predicted octanol–water partition coefficient (Wildman–Crippen LogP) is 4.57. The minimum Gasteiger partial charge on any atom is -0.490 e. The van der Waals surface area contributed by atoms with Crippen LogP contribution in [0.1, 0.15) is 44.1 Å². The maximum Gasteiger partial charge on any atom is 0.214 e. The molecular weight excluding hydrogens is 520 g/mol. The van der Waals surface area contributed by atoms with Gasteiger partial charge in [-0.25, -0.2) is 30.3 Å². The fraction of sp³-hybridized carbons (Fsp3) is 0.500. The summed E-state index contributed by atoms with van der Waals surface area (Å²) in [6, 6.07) is 7.44. The summed E-state index contributed by atoms with van der Waals surface area (Å²) in [5.41, 5.74) is -0.310. The van der Waals surface area contributed by atoms with E-state index in [1.807, 2.05) is 0 Å². The Morgan fingerprint density at radius 3 is 2.31 bits per heavy atom. The zero-order valence-corrected chi connectivity index (χ0v) is 21.2. The van der Waals surface area contributed by atoms with Gasteiger partial charge in [0.15, 0.2) is 21.4 Å². The van der Waals surface area contributed by atoms with Gasteiger partial charge in [0.05, 0.1) is 22.3 Å². The number of hydrogen-bond donors (Lipinski definition) is 1. The highest BCUT2D eigenvalue weighted by Crippen LogP contribution is 2.58. The number of fused-ring (bicyclic) bond motifs is 3. The molecule has 0 radical (unpaired) electrons. The molecule has 0 saturated heterocycles. The van der Waals surface area contributed by atoms with E-state index in [1.165, 1.54) is 24.3 Å². The van der Waals surface area contributed by atoms with Crippen molar-refractivity contribution in [2.75, 3.05) is 13.2 Å². The summed E-state index contributed by atoms with van der Waals surface area (Å²) in [5, 5.41) is -0.0990. The van der Waals surface area contributed by atoms with Crippen molar-refractivity contribution in [1.29, 1.82) is 0 Å². The van der Waals surface area contributed by atoms with Crippen molar-refractivity contribution in [3.63, 3.8) is 0 Å². The Balaban J connectivity index is 1.62. The molecule has 11 heteroatoms. The Morgan fingerprint density at radius 2 is 1.66 bits per heavy atom. The number of nitrogens with one attached hydrogen (secondary N) is 1. The lowest BCUT2D eigenvalue weighted by Crippen LogP contribution is -2.56. The van der Waals surface area contributed by atoms with Gasteiger partial charge < -0.3 is 4.74 Å². The van der Waals surface area contributed by atoms with Crippen LogP contribution in [0.15, 0.2) is 41.3 Å². The molecule has 6 nitrogen and oxygen atoms in total. The average molecular weight is 546 g/mol. The molecule has 2 aromatic carbocycles. The number of rotatable bonds is 6. The van der Waals surface area contributed by atoms with E-state index in [2.05, 4.69) is 4.72 Å².